The Morgan fingerprint density at radius 2 is 0.875 bits per heavy atom. The summed E-state index contributed by atoms with van der Waals surface area (Å²) in [6.45, 7) is 4.53. The van der Waals surface area contributed by atoms with Crippen LogP contribution in [0, 0.1) is 0 Å². The first-order chi connectivity index (χ1) is 19.7. The van der Waals surface area contributed by atoms with Crippen molar-refractivity contribution in [2.75, 3.05) is 0 Å². The van der Waals surface area contributed by atoms with Crippen LogP contribution in [0.2, 0.25) is 0 Å². The molecule has 0 bridgehead atoms. The molecule has 0 radical (unpaired) electrons. The van der Waals surface area contributed by atoms with E-state index in [1.165, 1.54) is 147 Å². The number of rotatable bonds is 31. The first-order valence-corrected chi connectivity index (χ1v) is 17.4. The molecule has 0 saturated carbocycles. The Hall–Kier alpha value is -1.42. The maximum atomic E-state index is 12.5. The molecule has 0 heterocycles. The summed E-state index contributed by atoms with van der Waals surface area (Å²) in [5.74, 6) is -1.20. The average molecular weight is 563 g/mol. The third-order valence-electron chi connectivity index (χ3n) is 7.98. The summed E-state index contributed by atoms with van der Waals surface area (Å²) < 4.78 is 0. The zero-order chi connectivity index (χ0) is 29.4. The molecule has 0 aliphatic carbocycles. The van der Waals surface area contributed by atoms with Gasteiger partial charge in [0.15, 0.2) is 5.78 Å². The van der Waals surface area contributed by atoms with Crippen LogP contribution in [0.4, 0.5) is 0 Å². The van der Waals surface area contributed by atoms with Crippen LogP contribution in [0.15, 0.2) is 23.8 Å². The first-order valence-electron chi connectivity index (χ1n) is 17.4. The lowest BCUT2D eigenvalue weighted by Gasteiger charge is -2.04. The van der Waals surface area contributed by atoms with E-state index in [0.29, 0.717) is 6.42 Å². The van der Waals surface area contributed by atoms with E-state index in [9.17, 15) is 9.59 Å². The normalized spacial score (nSPS) is 11.9. The summed E-state index contributed by atoms with van der Waals surface area (Å²) in [5, 5.41) is 8.81. The van der Waals surface area contributed by atoms with Crippen molar-refractivity contribution in [1.29, 1.82) is 0 Å². The van der Waals surface area contributed by atoms with Crippen molar-refractivity contribution in [1.82, 2.24) is 0 Å². The van der Waals surface area contributed by atoms with Crippen LogP contribution < -0.4 is 0 Å². The molecule has 0 spiro atoms. The van der Waals surface area contributed by atoms with E-state index in [1.54, 1.807) is 6.08 Å². The fraction of sp³-hybridized carbons (Fsp3) is 0.833. The van der Waals surface area contributed by atoms with Gasteiger partial charge in [-0.3, -0.25) is 9.68 Å². The number of carbonyl (C=O) groups is 2. The van der Waals surface area contributed by atoms with Gasteiger partial charge in [0.2, 0.25) is 0 Å². The van der Waals surface area contributed by atoms with Crippen LogP contribution in [-0.4, -0.2) is 17.0 Å². The number of hydrogen-bond donors (Lipinski definition) is 1. The van der Waals surface area contributed by atoms with Gasteiger partial charge in [-0.2, -0.15) is 5.26 Å². The summed E-state index contributed by atoms with van der Waals surface area (Å²) in [6.07, 6.45) is 40.1. The lowest BCUT2D eigenvalue weighted by molar-refractivity contribution is -0.229. The van der Waals surface area contributed by atoms with Gasteiger partial charge in [0.25, 0.3) is 0 Å². The topological polar surface area (TPSA) is 63.6 Å². The summed E-state index contributed by atoms with van der Waals surface area (Å²) in [6, 6.07) is 0. The minimum atomic E-state index is -0.953. The fourth-order valence-electron chi connectivity index (χ4n) is 5.30. The van der Waals surface area contributed by atoms with Crippen LogP contribution in [0.3, 0.4) is 0 Å². The second-order valence-electron chi connectivity index (χ2n) is 11.8. The zero-order valence-corrected chi connectivity index (χ0v) is 26.7. The lowest BCUT2D eigenvalue weighted by Crippen LogP contribution is -2.14. The largest absolute Gasteiger partial charge is 0.376 e. The van der Waals surface area contributed by atoms with E-state index in [2.05, 4.69) is 18.7 Å². The second kappa shape index (κ2) is 32.1. The van der Waals surface area contributed by atoms with Gasteiger partial charge in [-0.15, -0.1) is 0 Å². The van der Waals surface area contributed by atoms with Gasteiger partial charge < -0.3 is 0 Å². The molecule has 40 heavy (non-hydrogen) atoms. The Kier molecular flexibility index (Phi) is 31.0. The number of hydrogen-bond acceptors (Lipinski definition) is 4. The molecule has 0 unspecified atom stereocenters. The molecule has 0 aromatic rings. The summed E-state index contributed by atoms with van der Waals surface area (Å²) in [7, 11) is 0. The SMILES string of the molecule is CCCCCCCCCCCCC/C=C/C=C(\C(=O)CCCCCCCCCCCCCCCCC)C(=O)OO. The Bertz CT molecular complexity index is 622. The van der Waals surface area contributed by atoms with Gasteiger partial charge in [0, 0.05) is 6.42 Å². The zero-order valence-electron chi connectivity index (χ0n) is 26.7. The number of allylic oxidation sites excluding steroid dienone is 3. The quantitative estimate of drug-likeness (QED) is 0.0173. The van der Waals surface area contributed by atoms with Crippen molar-refractivity contribution < 1.29 is 19.7 Å². The molecule has 0 aliphatic heterocycles. The smallest absolute Gasteiger partial charge is 0.295 e. The van der Waals surface area contributed by atoms with E-state index in [4.69, 9.17) is 5.26 Å². The molecular weight excluding hydrogens is 496 g/mol. The highest BCUT2D eigenvalue weighted by Gasteiger charge is 2.18. The predicted molar refractivity (Wildman–Crippen MR) is 172 cm³/mol. The molecule has 4 heteroatoms. The predicted octanol–water partition coefficient (Wildman–Crippen LogP) is 12.0. The average Bonchev–Trinajstić information content (AvgIpc) is 2.96. The molecule has 0 aliphatic rings. The third-order valence-corrected chi connectivity index (χ3v) is 7.98. The van der Waals surface area contributed by atoms with E-state index in [1.807, 2.05) is 6.08 Å². The number of unbranched alkanes of at least 4 members (excludes halogenated alkanes) is 25. The minimum absolute atomic E-state index is 0.0527. The molecule has 234 valence electrons. The second-order valence-corrected chi connectivity index (χ2v) is 11.8. The summed E-state index contributed by atoms with van der Waals surface area (Å²) in [5.41, 5.74) is -0.0527. The van der Waals surface area contributed by atoms with Crippen LogP contribution >= 0.6 is 0 Å². The van der Waals surface area contributed by atoms with E-state index in [0.717, 1.165) is 32.1 Å². The fourth-order valence-corrected chi connectivity index (χ4v) is 5.30. The standard InChI is InChI=1S/C36H66O4/c1-3-5-7-9-11-13-15-17-19-21-23-25-27-29-31-33-35(37)34(36(38)40-39)32-30-28-26-24-22-20-18-16-14-12-10-8-6-4-2/h28,30,32,39H,3-27,29,31,33H2,1-2H3/b30-28+,34-32+. The molecule has 4 nitrogen and oxygen atoms in total. The highest BCUT2D eigenvalue weighted by molar-refractivity contribution is 6.17. The monoisotopic (exact) mass is 562 g/mol. The highest BCUT2D eigenvalue weighted by Crippen LogP contribution is 2.15. The maximum absolute atomic E-state index is 12.5. The van der Waals surface area contributed by atoms with Crippen molar-refractivity contribution in [2.24, 2.45) is 0 Å². The number of Topliss-reactive ketones (excluding diaryl/α,β-unsaturated/α-hetero) is 1. The molecule has 0 amide bonds. The summed E-state index contributed by atoms with van der Waals surface area (Å²) >= 11 is 0. The number of ketones is 1. The van der Waals surface area contributed by atoms with Gasteiger partial charge >= 0.3 is 5.97 Å². The van der Waals surface area contributed by atoms with E-state index in [-0.39, 0.29) is 11.4 Å². The molecule has 0 fully saturated rings. The van der Waals surface area contributed by atoms with Crippen LogP contribution in [-0.2, 0) is 14.5 Å². The highest BCUT2D eigenvalue weighted by atomic mass is 17.1. The van der Waals surface area contributed by atoms with Crippen molar-refractivity contribution >= 4 is 11.8 Å². The van der Waals surface area contributed by atoms with Gasteiger partial charge in [-0.05, 0) is 25.3 Å². The Morgan fingerprint density at radius 3 is 1.25 bits per heavy atom. The van der Waals surface area contributed by atoms with E-state index < -0.39 is 5.97 Å². The molecule has 0 saturated heterocycles. The molecule has 0 atom stereocenters. The van der Waals surface area contributed by atoms with Gasteiger partial charge in [0.1, 0.15) is 5.57 Å². The van der Waals surface area contributed by atoms with Crippen molar-refractivity contribution in [3.63, 3.8) is 0 Å². The third kappa shape index (κ3) is 26.8. The first kappa shape index (κ1) is 38.6. The lowest BCUT2D eigenvalue weighted by atomic mass is 10.0. The Morgan fingerprint density at radius 1 is 0.525 bits per heavy atom. The minimum Gasteiger partial charge on any atom is -0.295 e. The van der Waals surface area contributed by atoms with Gasteiger partial charge in [-0.25, -0.2) is 4.79 Å². The molecule has 0 rings (SSSR count). The Labute approximate surface area is 248 Å². The molecule has 0 aromatic carbocycles. The van der Waals surface area contributed by atoms with Crippen LogP contribution in [0.25, 0.3) is 0 Å². The molecular formula is C36H66O4. The molecule has 0 aromatic heterocycles. The molecule has 1 N–H and O–H groups in total. The summed E-state index contributed by atoms with van der Waals surface area (Å²) in [4.78, 5) is 28.3. The van der Waals surface area contributed by atoms with E-state index >= 15 is 0 Å². The maximum Gasteiger partial charge on any atom is 0.376 e. The Balaban J connectivity index is 3.82. The van der Waals surface area contributed by atoms with Crippen molar-refractivity contribution in [3.05, 3.63) is 23.8 Å². The van der Waals surface area contributed by atoms with Gasteiger partial charge in [0.05, 0.1) is 0 Å². The number of carbonyl (C=O) groups excluding carboxylic acids is 2. The van der Waals surface area contributed by atoms with Crippen LogP contribution in [0.5, 0.6) is 0 Å². The van der Waals surface area contributed by atoms with Crippen LogP contribution in [0.1, 0.15) is 194 Å². The van der Waals surface area contributed by atoms with Gasteiger partial charge in [-0.1, -0.05) is 180 Å². The van der Waals surface area contributed by atoms with Crippen molar-refractivity contribution in [3.8, 4) is 0 Å². The van der Waals surface area contributed by atoms with Crippen molar-refractivity contribution in [2.45, 2.75) is 194 Å².